The molecule has 0 saturated carbocycles. The number of hydrogen-bond acceptors (Lipinski definition) is 4. The zero-order chi connectivity index (χ0) is 17.0. The molecular weight excluding hydrogens is 323 g/mol. The van der Waals surface area contributed by atoms with Crippen molar-refractivity contribution >= 4 is 27.3 Å². The van der Waals surface area contributed by atoms with Gasteiger partial charge in [0.25, 0.3) is 10.0 Å². The molecule has 0 aromatic heterocycles. The van der Waals surface area contributed by atoms with Crippen molar-refractivity contribution in [3.05, 3.63) is 48.3 Å². The van der Waals surface area contributed by atoms with E-state index in [1.807, 2.05) is 0 Å². The number of hydrogen-bond donors (Lipinski definition) is 2. The first-order chi connectivity index (χ1) is 10.8. The molecule has 6 nitrogen and oxygen atoms in total. The van der Waals surface area contributed by atoms with Gasteiger partial charge in [-0.2, -0.15) is 0 Å². The molecule has 0 aliphatic heterocycles. The van der Waals surface area contributed by atoms with Crippen molar-refractivity contribution in [3.63, 3.8) is 0 Å². The van der Waals surface area contributed by atoms with E-state index in [9.17, 15) is 17.6 Å². The molecule has 23 heavy (non-hydrogen) atoms. The second-order valence-electron chi connectivity index (χ2n) is 4.66. The molecule has 0 heterocycles. The molecule has 1 amide bonds. The molecule has 2 rings (SSSR count). The lowest BCUT2D eigenvalue weighted by atomic mass is 10.3. The van der Waals surface area contributed by atoms with E-state index in [0.29, 0.717) is 5.69 Å². The summed E-state index contributed by atoms with van der Waals surface area (Å²) in [6.07, 6.45) is 0. The van der Waals surface area contributed by atoms with Crippen LogP contribution in [0, 0.1) is 5.82 Å². The minimum absolute atomic E-state index is 0.00145. The van der Waals surface area contributed by atoms with Crippen LogP contribution >= 0.6 is 0 Å². The fourth-order valence-corrected chi connectivity index (χ4v) is 2.95. The maximum absolute atomic E-state index is 13.3. The zero-order valence-electron chi connectivity index (χ0n) is 12.5. The smallest absolute Gasteiger partial charge is 0.262 e. The lowest BCUT2D eigenvalue weighted by Crippen LogP contribution is -2.14. The van der Waals surface area contributed by atoms with Crippen LogP contribution in [0.25, 0.3) is 0 Å². The first kappa shape index (κ1) is 16.8. The van der Waals surface area contributed by atoms with Crippen LogP contribution in [0.3, 0.4) is 0 Å². The first-order valence-corrected chi connectivity index (χ1v) is 8.04. The van der Waals surface area contributed by atoms with Crippen molar-refractivity contribution in [2.24, 2.45) is 0 Å². The molecule has 0 unspecified atom stereocenters. The first-order valence-electron chi connectivity index (χ1n) is 6.56. The summed E-state index contributed by atoms with van der Waals surface area (Å²) in [5, 5.41) is 2.54. The van der Waals surface area contributed by atoms with Crippen LogP contribution < -0.4 is 14.8 Å². The average molecular weight is 338 g/mol. The number of carbonyl (C=O) groups excluding carboxylic acids is 1. The largest absolute Gasteiger partial charge is 0.495 e. The second kappa shape index (κ2) is 6.66. The Morgan fingerprint density at radius 3 is 2.35 bits per heavy atom. The molecule has 0 saturated heterocycles. The van der Waals surface area contributed by atoms with E-state index < -0.39 is 15.8 Å². The summed E-state index contributed by atoms with van der Waals surface area (Å²) >= 11 is 0. The van der Waals surface area contributed by atoms with Crippen LogP contribution in [0.4, 0.5) is 15.8 Å². The molecule has 0 aliphatic carbocycles. The maximum Gasteiger partial charge on any atom is 0.262 e. The van der Waals surface area contributed by atoms with Gasteiger partial charge < -0.3 is 10.1 Å². The molecule has 122 valence electrons. The predicted molar refractivity (Wildman–Crippen MR) is 84.5 cm³/mol. The molecule has 0 bridgehead atoms. The summed E-state index contributed by atoms with van der Waals surface area (Å²) in [5.41, 5.74) is 0.471. The van der Waals surface area contributed by atoms with Gasteiger partial charge in [0.1, 0.15) is 11.6 Å². The highest BCUT2D eigenvalue weighted by molar-refractivity contribution is 7.92. The third-order valence-electron chi connectivity index (χ3n) is 2.89. The number of ether oxygens (including phenoxy) is 1. The Kier molecular flexibility index (Phi) is 4.85. The van der Waals surface area contributed by atoms with Crippen molar-refractivity contribution in [1.82, 2.24) is 0 Å². The fourth-order valence-electron chi connectivity index (χ4n) is 1.88. The van der Waals surface area contributed by atoms with Gasteiger partial charge in [0.2, 0.25) is 5.91 Å². The van der Waals surface area contributed by atoms with Crippen molar-refractivity contribution in [2.75, 3.05) is 17.1 Å². The van der Waals surface area contributed by atoms with Crippen molar-refractivity contribution in [2.45, 2.75) is 11.8 Å². The molecule has 8 heteroatoms. The molecule has 0 radical (unpaired) electrons. The number of amides is 1. The van der Waals surface area contributed by atoms with Gasteiger partial charge in [-0.25, -0.2) is 12.8 Å². The van der Waals surface area contributed by atoms with Crippen LogP contribution in [-0.4, -0.2) is 21.4 Å². The third-order valence-corrected chi connectivity index (χ3v) is 4.27. The van der Waals surface area contributed by atoms with Crippen LogP contribution in [0.5, 0.6) is 5.75 Å². The van der Waals surface area contributed by atoms with Crippen molar-refractivity contribution < 1.29 is 22.3 Å². The number of sulfonamides is 1. The average Bonchev–Trinajstić information content (AvgIpc) is 2.47. The van der Waals surface area contributed by atoms with Crippen molar-refractivity contribution in [1.29, 1.82) is 0 Å². The van der Waals surface area contributed by atoms with Gasteiger partial charge in [-0.15, -0.1) is 0 Å². The number of carbonyl (C=O) groups is 1. The number of nitrogens with one attached hydrogen (secondary N) is 2. The van der Waals surface area contributed by atoms with Crippen molar-refractivity contribution in [3.8, 4) is 5.75 Å². The molecule has 0 spiro atoms. The molecule has 0 fully saturated rings. The second-order valence-corrected chi connectivity index (χ2v) is 6.34. The van der Waals surface area contributed by atoms with Crippen LogP contribution in [0.15, 0.2) is 47.4 Å². The number of anilines is 2. The number of halogens is 1. The molecule has 0 aliphatic rings. The van der Waals surface area contributed by atoms with Gasteiger partial charge in [0.05, 0.1) is 17.7 Å². The van der Waals surface area contributed by atoms with E-state index >= 15 is 0 Å². The minimum atomic E-state index is -3.92. The highest BCUT2D eigenvalue weighted by Crippen LogP contribution is 2.27. The van der Waals surface area contributed by atoms with Gasteiger partial charge in [0.15, 0.2) is 0 Å². The number of benzene rings is 2. The van der Waals surface area contributed by atoms with Gasteiger partial charge in [0, 0.05) is 18.7 Å². The summed E-state index contributed by atoms with van der Waals surface area (Å²) in [7, 11) is -2.56. The monoisotopic (exact) mass is 338 g/mol. The van der Waals surface area contributed by atoms with Gasteiger partial charge >= 0.3 is 0 Å². The predicted octanol–water partition coefficient (Wildman–Crippen LogP) is 2.59. The standard InChI is InChI=1S/C15H15FN2O4S/c1-10(19)17-12-4-6-13(7-5-12)23(20,21)18-14-9-11(16)3-8-15(14)22-2/h3-9,18H,1-2H3,(H,17,19). The minimum Gasteiger partial charge on any atom is -0.495 e. The van der Waals surface area contributed by atoms with E-state index in [-0.39, 0.29) is 22.2 Å². The Hall–Kier alpha value is -2.61. The van der Waals surface area contributed by atoms with E-state index in [1.54, 1.807) is 0 Å². The van der Waals surface area contributed by atoms with Gasteiger partial charge in [-0.3, -0.25) is 9.52 Å². The summed E-state index contributed by atoms with van der Waals surface area (Å²) in [6, 6.07) is 9.10. The number of rotatable bonds is 5. The molecule has 2 aromatic carbocycles. The quantitative estimate of drug-likeness (QED) is 0.877. The Balaban J connectivity index is 2.28. The van der Waals surface area contributed by atoms with E-state index in [0.717, 1.165) is 6.07 Å². The molecule has 2 aromatic rings. The van der Waals surface area contributed by atoms with E-state index in [2.05, 4.69) is 10.0 Å². The molecular formula is C15H15FN2O4S. The van der Waals surface area contributed by atoms with Crippen LogP contribution in [-0.2, 0) is 14.8 Å². The highest BCUT2D eigenvalue weighted by Gasteiger charge is 2.17. The summed E-state index contributed by atoms with van der Waals surface area (Å²) in [6.45, 7) is 1.35. The zero-order valence-corrected chi connectivity index (χ0v) is 13.3. The summed E-state index contributed by atoms with van der Waals surface area (Å²) < 4.78 is 45.3. The lowest BCUT2D eigenvalue weighted by molar-refractivity contribution is -0.114. The topological polar surface area (TPSA) is 84.5 Å². The summed E-state index contributed by atoms with van der Waals surface area (Å²) in [5.74, 6) is -0.655. The Bertz CT molecular complexity index is 820. The van der Waals surface area contributed by atoms with E-state index in [1.165, 1.54) is 50.4 Å². The highest BCUT2D eigenvalue weighted by atomic mass is 32.2. The van der Waals surface area contributed by atoms with Gasteiger partial charge in [-0.05, 0) is 36.4 Å². The van der Waals surface area contributed by atoms with E-state index in [4.69, 9.17) is 4.74 Å². The molecule has 2 N–H and O–H groups in total. The van der Waals surface area contributed by atoms with Crippen LogP contribution in [0.1, 0.15) is 6.92 Å². The Labute approximate surface area is 133 Å². The normalized spacial score (nSPS) is 10.9. The fraction of sp³-hybridized carbons (Fsp3) is 0.133. The third kappa shape index (κ3) is 4.19. The number of methoxy groups -OCH3 is 1. The Morgan fingerprint density at radius 1 is 1.13 bits per heavy atom. The van der Waals surface area contributed by atoms with Gasteiger partial charge in [-0.1, -0.05) is 0 Å². The maximum atomic E-state index is 13.3. The Morgan fingerprint density at radius 2 is 1.78 bits per heavy atom. The summed E-state index contributed by atoms with van der Waals surface area (Å²) in [4.78, 5) is 10.9. The van der Waals surface area contributed by atoms with Crippen LogP contribution in [0.2, 0.25) is 0 Å². The molecule has 0 atom stereocenters. The SMILES string of the molecule is COc1ccc(F)cc1NS(=O)(=O)c1ccc(NC(C)=O)cc1. The lowest BCUT2D eigenvalue weighted by Gasteiger charge is -2.12.